The Bertz CT molecular complexity index is 433. The lowest BCUT2D eigenvalue weighted by molar-refractivity contribution is -0.149. The van der Waals surface area contributed by atoms with Crippen LogP contribution < -0.4 is 0 Å². The van der Waals surface area contributed by atoms with E-state index in [1.54, 1.807) is 0 Å². The number of carbonyl (C=O) groups is 1. The second-order valence-electron chi connectivity index (χ2n) is 4.76. The molecular weight excluding hydrogens is 212 g/mol. The van der Waals surface area contributed by atoms with Gasteiger partial charge in [-0.3, -0.25) is 4.79 Å². The van der Waals surface area contributed by atoms with Gasteiger partial charge in [-0.1, -0.05) is 42.0 Å². The van der Waals surface area contributed by atoms with Crippen molar-refractivity contribution in [3.05, 3.63) is 41.5 Å². The van der Waals surface area contributed by atoms with Gasteiger partial charge in [-0.15, -0.1) is 0 Å². The lowest BCUT2D eigenvalue weighted by Crippen LogP contribution is -2.27. The molecule has 0 N–H and O–H groups in total. The first-order chi connectivity index (χ1) is 8.16. The van der Waals surface area contributed by atoms with Gasteiger partial charge in [0.25, 0.3) is 0 Å². The predicted molar refractivity (Wildman–Crippen MR) is 68.4 cm³/mol. The highest BCUT2D eigenvalue weighted by Crippen LogP contribution is 2.44. The molecule has 0 saturated heterocycles. The van der Waals surface area contributed by atoms with Crippen LogP contribution in [-0.2, 0) is 9.53 Å². The number of methoxy groups -OCH3 is 1. The first kappa shape index (κ1) is 11.9. The Labute approximate surface area is 102 Å². The van der Waals surface area contributed by atoms with Crippen molar-refractivity contribution in [1.82, 2.24) is 0 Å². The van der Waals surface area contributed by atoms with E-state index in [4.69, 9.17) is 4.74 Å². The van der Waals surface area contributed by atoms with Crippen LogP contribution in [0, 0.1) is 5.41 Å². The highest BCUT2D eigenvalue weighted by Gasteiger charge is 2.41. The molecule has 0 radical (unpaired) electrons. The fourth-order valence-corrected chi connectivity index (χ4v) is 2.51. The molecule has 2 nitrogen and oxygen atoms in total. The van der Waals surface area contributed by atoms with Crippen LogP contribution in [0.1, 0.15) is 31.7 Å². The molecule has 0 aromatic heterocycles. The molecular formula is C15H18O2. The first-order valence-electron chi connectivity index (χ1n) is 6.01. The third-order valence-corrected chi connectivity index (χ3v) is 3.61. The van der Waals surface area contributed by atoms with Crippen LogP contribution in [-0.4, -0.2) is 13.1 Å². The zero-order valence-electron chi connectivity index (χ0n) is 10.4. The molecule has 0 spiro atoms. The molecule has 1 aliphatic carbocycles. The summed E-state index contributed by atoms with van der Waals surface area (Å²) >= 11 is 0. The third kappa shape index (κ3) is 2.26. The van der Waals surface area contributed by atoms with Crippen LogP contribution in [0.15, 0.2) is 35.9 Å². The van der Waals surface area contributed by atoms with Crippen molar-refractivity contribution < 1.29 is 9.53 Å². The summed E-state index contributed by atoms with van der Waals surface area (Å²) in [6.45, 7) is 1.99. The normalized spacial score (nSPS) is 26.1. The van der Waals surface area contributed by atoms with Gasteiger partial charge in [0.05, 0.1) is 12.5 Å². The molecule has 1 unspecified atom stereocenters. The van der Waals surface area contributed by atoms with Crippen molar-refractivity contribution in [2.75, 3.05) is 7.11 Å². The smallest absolute Gasteiger partial charge is 0.315 e. The van der Waals surface area contributed by atoms with Crippen molar-refractivity contribution in [1.29, 1.82) is 0 Å². The van der Waals surface area contributed by atoms with Crippen molar-refractivity contribution in [2.24, 2.45) is 5.41 Å². The number of ether oxygens (including phenoxy) is 1. The van der Waals surface area contributed by atoms with Gasteiger partial charge < -0.3 is 4.74 Å². The van der Waals surface area contributed by atoms with E-state index in [9.17, 15) is 4.79 Å². The molecule has 1 aromatic carbocycles. The van der Waals surface area contributed by atoms with Crippen LogP contribution >= 0.6 is 0 Å². The molecule has 0 aliphatic heterocycles. The second kappa shape index (κ2) is 4.74. The van der Waals surface area contributed by atoms with Gasteiger partial charge in [0.1, 0.15) is 0 Å². The Morgan fingerprint density at radius 3 is 2.71 bits per heavy atom. The number of carbonyl (C=O) groups excluding carboxylic acids is 1. The minimum Gasteiger partial charge on any atom is -0.468 e. The van der Waals surface area contributed by atoms with E-state index in [0.717, 1.165) is 24.8 Å². The lowest BCUT2D eigenvalue weighted by Gasteiger charge is -2.22. The summed E-state index contributed by atoms with van der Waals surface area (Å²) in [6.07, 6.45) is 5.06. The largest absolute Gasteiger partial charge is 0.468 e. The number of benzene rings is 1. The van der Waals surface area contributed by atoms with E-state index in [1.807, 2.05) is 25.1 Å². The zero-order chi connectivity index (χ0) is 12.3. The van der Waals surface area contributed by atoms with Crippen molar-refractivity contribution >= 4 is 12.0 Å². The summed E-state index contributed by atoms with van der Waals surface area (Å²) in [6, 6.07) is 10.1. The van der Waals surface area contributed by atoms with Gasteiger partial charge in [0.2, 0.25) is 0 Å². The maximum absolute atomic E-state index is 11.9. The molecule has 0 bridgehead atoms. The van der Waals surface area contributed by atoms with Gasteiger partial charge in [0, 0.05) is 0 Å². The quantitative estimate of drug-likeness (QED) is 0.727. The Morgan fingerprint density at radius 2 is 2.06 bits per heavy atom. The SMILES string of the molecule is COC(=O)C1(C)CCC/C1=C\c1ccccc1. The lowest BCUT2D eigenvalue weighted by atomic mass is 9.83. The Balaban J connectivity index is 2.32. The van der Waals surface area contributed by atoms with Crippen molar-refractivity contribution in [3.63, 3.8) is 0 Å². The number of esters is 1. The summed E-state index contributed by atoms with van der Waals surface area (Å²) in [5.74, 6) is -0.114. The molecule has 1 fully saturated rings. The van der Waals surface area contributed by atoms with Crippen LogP contribution in [0.25, 0.3) is 6.08 Å². The van der Waals surface area contributed by atoms with Gasteiger partial charge >= 0.3 is 5.97 Å². The number of hydrogen-bond donors (Lipinski definition) is 0. The molecule has 1 aromatic rings. The first-order valence-corrected chi connectivity index (χ1v) is 6.01. The monoisotopic (exact) mass is 230 g/mol. The summed E-state index contributed by atoms with van der Waals surface area (Å²) in [7, 11) is 1.46. The molecule has 1 aliphatic rings. The minimum absolute atomic E-state index is 0.114. The molecule has 0 heterocycles. The van der Waals surface area contributed by atoms with Crippen LogP contribution in [0.3, 0.4) is 0 Å². The van der Waals surface area contributed by atoms with E-state index in [1.165, 1.54) is 12.7 Å². The van der Waals surface area contributed by atoms with Crippen molar-refractivity contribution in [2.45, 2.75) is 26.2 Å². The Hall–Kier alpha value is -1.57. The summed E-state index contributed by atoms with van der Waals surface area (Å²) in [4.78, 5) is 11.9. The second-order valence-corrected chi connectivity index (χ2v) is 4.76. The molecule has 2 heteroatoms. The molecule has 1 atom stereocenters. The van der Waals surface area contributed by atoms with Gasteiger partial charge in [0.15, 0.2) is 0 Å². The standard InChI is InChI=1S/C15H18O2/c1-15(14(16)17-2)10-6-9-13(15)11-12-7-4-3-5-8-12/h3-5,7-8,11H,6,9-10H2,1-2H3/b13-11+. The summed E-state index contributed by atoms with van der Waals surface area (Å²) in [5.41, 5.74) is 1.92. The Morgan fingerprint density at radius 1 is 1.35 bits per heavy atom. The molecule has 17 heavy (non-hydrogen) atoms. The highest BCUT2D eigenvalue weighted by molar-refractivity contribution is 5.82. The third-order valence-electron chi connectivity index (χ3n) is 3.61. The van der Waals surface area contributed by atoms with Gasteiger partial charge in [-0.05, 0) is 31.7 Å². The fraction of sp³-hybridized carbons (Fsp3) is 0.400. The molecule has 2 rings (SSSR count). The summed E-state index contributed by atoms with van der Waals surface area (Å²) in [5, 5.41) is 0. The average Bonchev–Trinajstić information content (AvgIpc) is 2.72. The molecule has 0 amide bonds. The van der Waals surface area contributed by atoms with E-state index in [2.05, 4.69) is 18.2 Å². The maximum atomic E-state index is 11.9. The molecule has 90 valence electrons. The Kier molecular flexibility index (Phi) is 3.32. The average molecular weight is 230 g/mol. The molecule has 1 saturated carbocycles. The van der Waals surface area contributed by atoms with Crippen molar-refractivity contribution in [3.8, 4) is 0 Å². The minimum atomic E-state index is -0.426. The summed E-state index contributed by atoms with van der Waals surface area (Å²) < 4.78 is 4.93. The topological polar surface area (TPSA) is 26.3 Å². The van der Waals surface area contributed by atoms with Gasteiger partial charge in [-0.25, -0.2) is 0 Å². The maximum Gasteiger partial charge on any atom is 0.315 e. The van der Waals surface area contributed by atoms with Crippen LogP contribution in [0.4, 0.5) is 0 Å². The number of hydrogen-bond acceptors (Lipinski definition) is 2. The number of rotatable bonds is 2. The van der Waals surface area contributed by atoms with Gasteiger partial charge in [-0.2, -0.15) is 0 Å². The predicted octanol–water partition coefficient (Wildman–Crippen LogP) is 3.43. The van der Waals surface area contributed by atoms with E-state index >= 15 is 0 Å². The highest BCUT2D eigenvalue weighted by atomic mass is 16.5. The zero-order valence-corrected chi connectivity index (χ0v) is 10.4. The van der Waals surface area contributed by atoms with E-state index < -0.39 is 5.41 Å². The van der Waals surface area contributed by atoms with E-state index in [-0.39, 0.29) is 5.97 Å². The van der Waals surface area contributed by atoms with Crippen LogP contribution in [0.2, 0.25) is 0 Å². The van der Waals surface area contributed by atoms with Crippen LogP contribution in [0.5, 0.6) is 0 Å². The fourth-order valence-electron chi connectivity index (χ4n) is 2.51. The van der Waals surface area contributed by atoms with E-state index in [0.29, 0.717) is 0 Å².